The smallest absolute Gasteiger partial charge is 0.272 e. The van der Waals surface area contributed by atoms with Crippen molar-refractivity contribution in [2.75, 3.05) is 18.0 Å². The zero-order valence-electron chi connectivity index (χ0n) is 18.4. The van der Waals surface area contributed by atoms with Gasteiger partial charge in [-0.15, -0.1) is 10.2 Å². The molecule has 9 nitrogen and oxygen atoms in total. The second kappa shape index (κ2) is 9.23. The molecule has 168 valence electrons. The average molecular weight is 444 g/mol. The predicted molar refractivity (Wildman–Crippen MR) is 124 cm³/mol. The van der Waals surface area contributed by atoms with Crippen LogP contribution >= 0.6 is 0 Å². The van der Waals surface area contributed by atoms with Gasteiger partial charge in [0.2, 0.25) is 0 Å². The number of carbonyl (C=O) groups excluding carboxylic acids is 1. The number of fused-ring (bicyclic) bond motifs is 1. The number of pyridine rings is 1. The molecule has 1 aromatic carbocycles. The van der Waals surface area contributed by atoms with Crippen LogP contribution in [0.1, 0.15) is 34.5 Å². The summed E-state index contributed by atoms with van der Waals surface area (Å²) < 4.78 is 6.20. The Morgan fingerprint density at radius 3 is 2.76 bits per heavy atom. The minimum atomic E-state index is -0.240. The summed E-state index contributed by atoms with van der Waals surface area (Å²) >= 11 is 0. The number of nitrogens with one attached hydrogen (secondary N) is 2. The molecule has 0 atom stereocenters. The highest BCUT2D eigenvalue weighted by molar-refractivity contribution is 5.92. The SMILES string of the molecule is Cc1cc(C(=O)NCc2ccncc2)nnc1N1CCC(Oc2ccc3[nH]ncc3c2)CC1. The summed E-state index contributed by atoms with van der Waals surface area (Å²) in [6, 6.07) is 11.5. The molecule has 2 N–H and O–H groups in total. The Bertz CT molecular complexity index is 1250. The van der Waals surface area contributed by atoms with Gasteiger partial charge in [-0.25, -0.2) is 0 Å². The first-order chi connectivity index (χ1) is 16.2. The number of aromatic amines is 1. The summed E-state index contributed by atoms with van der Waals surface area (Å²) in [5.74, 6) is 1.44. The highest BCUT2D eigenvalue weighted by atomic mass is 16.5. The molecular formula is C24H25N7O2. The number of piperidine rings is 1. The van der Waals surface area contributed by atoms with E-state index in [1.165, 1.54) is 0 Å². The number of nitrogens with zero attached hydrogens (tertiary/aromatic N) is 5. The first-order valence-electron chi connectivity index (χ1n) is 11.0. The highest BCUT2D eigenvalue weighted by Gasteiger charge is 2.23. The van der Waals surface area contributed by atoms with E-state index < -0.39 is 0 Å². The van der Waals surface area contributed by atoms with E-state index in [0.29, 0.717) is 12.2 Å². The quantitative estimate of drug-likeness (QED) is 0.471. The largest absolute Gasteiger partial charge is 0.490 e. The number of benzene rings is 1. The van der Waals surface area contributed by atoms with Crippen molar-refractivity contribution in [2.45, 2.75) is 32.4 Å². The summed E-state index contributed by atoms with van der Waals surface area (Å²) in [4.78, 5) is 18.7. The van der Waals surface area contributed by atoms with Gasteiger partial charge in [-0.2, -0.15) is 5.10 Å². The fraction of sp³-hybridized carbons (Fsp3) is 0.292. The Morgan fingerprint density at radius 1 is 1.15 bits per heavy atom. The van der Waals surface area contributed by atoms with Crippen LogP contribution < -0.4 is 15.0 Å². The lowest BCUT2D eigenvalue weighted by atomic mass is 10.1. The summed E-state index contributed by atoms with van der Waals surface area (Å²) in [6.45, 7) is 4.03. The zero-order chi connectivity index (χ0) is 22.6. The number of hydrogen-bond acceptors (Lipinski definition) is 7. The van der Waals surface area contributed by atoms with Crippen molar-refractivity contribution in [1.82, 2.24) is 30.7 Å². The third-order valence-corrected chi connectivity index (χ3v) is 5.85. The Balaban J connectivity index is 1.17. The summed E-state index contributed by atoms with van der Waals surface area (Å²) in [7, 11) is 0. The molecule has 9 heteroatoms. The van der Waals surface area contributed by atoms with Crippen LogP contribution in [0.4, 0.5) is 5.82 Å². The molecule has 0 spiro atoms. The lowest BCUT2D eigenvalue weighted by Crippen LogP contribution is -2.39. The van der Waals surface area contributed by atoms with Crippen LogP contribution in [0.3, 0.4) is 0 Å². The maximum atomic E-state index is 12.5. The second-order valence-corrected chi connectivity index (χ2v) is 8.20. The number of rotatable bonds is 6. The molecule has 4 heterocycles. The Labute approximate surface area is 191 Å². The maximum Gasteiger partial charge on any atom is 0.272 e. The van der Waals surface area contributed by atoms with E-state index in [2.05, 4.69) is 35.6 Å². The number of amides is 1. The molecule has 5 rings (SSSR count). The lowest BCUT2D eigenvalue weighted by molar-refractivity contribution is 0.0945. The third-order valence-electron chi connectivity index (χ3n) is 5.85. The minimum Gasteiger partial charge on any atom is -0.490 e. The molecule has 0 radical (unpaired) electrons. The van der Waals surface area contributed by atoms with Crippen LogP contribution in [0.2, 0.25) is 0 Å². The van der Waals surface area contributed by atoms with Crippen LogP contribution in [-0.4, -0.2) is 50.5 Å². The van der Waals surface area contributed by atoms with Crippen molar-refractivity contribution < 1.29 is 9.53 Å². The van der Waals surface area contributed by atoms with E-state index in [4.69, 9.17) is 4.74 Å². The fourth-order valence-corrected chi connectivity index (χ4v) is 4.05. The van der Waals surface area contributed by atoms with Gasteiger partial charge in [0.25, 0.3) is 5.91 Å². The molecule has 0 unspecified atom stereocenters. The van der Waals surface area contributed by atoms with E-state index in [-0.39, 0.29) is 12.0 Å². The normalized spacial score (nSPS) is 14.4. The molecule has 3 aromatic heterocycles. The second-order valence-electron chi connectivity index (χ2n) is 8.20. The summed E-state index contributed by atoms with van der Waals surface area (Å²) in [5, 5.41) is 19.5. The van der Waals surface area contributed by atoms with Gasteiger partial charge >= 0.3 is 0 Å². The van der Waals surface area contributed by atoms with Crippen LogP contribution in [0, 0.1) is 6.92 Å². The van der Waals surface area contributed by atoms with Crippen molar-refractivity contribution in [3.8, 4) is 5.75 Å². The van der Waals surface area contributed by atoms with E-state index in [9.17, 15) is 4.79 Å². The molecule has 33 heavy (non-hydrogen) atoms. The molecule has 1 saturated heterocycles. The number of hydrogen-bond donors (Lipinski definition) is 2. The highest BCUT2D eigenvalue weighted by Crippen LogP contribution is 2.25. The molecule has 0 aliphatic carbocycles. The summed E-state index contributed by atoms with van der Waals surface area (Å²) in [6.07, 6.45) is 7.13. The average Bonchev–Trinajstić information content (AvgIpc) is 3.32. The van der Waals surface area contributed by atoms with Crippen LogP contribution in [0.15, 0.2) is 55.0 Å². The van der Waals surface area contributed by atoms with Gasteiger partial charge in [0.1, 0.15) is 11.9 Å². The van der Waals surface area contributed by atoms with E-state index in [1.54, 1.807) is 24.7 Å². The Morgan fingerprint density at radius 2 is 1.97 bits per heavy atom. The first kappa shape index (κ1) is 20.9. The van der Waals surface area contributed by atoms with Crippen LogP contribution in [-0.2, 0) is 6.54 Å². The minimum absolute atomic E-state index is 0.150. The monoisotopic (exact) mass is 443 g/mol. The number of anilines is 1. The van der Waals surface area contributed by atoms with Gasteiger partial charge < -0.3 is 15.0 Å². The van der Waals surface area contributed by atoms with Gasteiger partial charge in [-0.3, -0.25) is 14.9 Å². The van der Waals surface area contributed by atoms with Gasteiger partial charge in [0.05, 0.1) is 11.7 Å². The van der Waals surface area contributed by atoms with Crippen molar-refractivity contribution >= 4 is 22.6 Å². The Hall–Kier alpha value is -4.01. The molecular weight excluding hydrogens is 418 g/mol. The molecule has 1 aliphatic heterocycles. The van der Waals surface area contributed by atoms with Crippen molar-refractivity contribution in [2.24, 2.45) is 0 Å². The molecule has 4 aromatic rings. The van der Waals surface area contributed by atoms with Gasteiger partial charge in [-0.05, 0) is 54.4 Å². The number of H-pyrrole nitrogens is 1. The number of aromatic nitrogens is 5. The number of aryl methyl sites for hydroxylation is 1. The molecule has 1 amide bonds. The standard InChI is InChI=1S/C24H25N7O2/c1-16-12-22(24(32)26-14-17-4-8-25-9-5-17)29-30-23(16)31-10-6-19(7-11-31)33-20-2-3-21-18(13-20)15-27-28-21/h2-5,8-9,12-13,15,19H,6-7,10-11,14H2,1H3,(H,26,32)(H,27,28). The Kier molecular flexibility index (Phi) is 5.84. The molecule has 0 saturated carbocycles. The molecule has 0 bridgehead atoms. The topological polar surface area (TPSA) is 109 Å². The van der Waals surface area contributed by atoms with E-state index in [1.807, 2.05) is 37.3 Å². The van der Waals surface area contributed by atoms with E-state index >= 15 is 0 Å². The van der Waals surface area contributed by atoms with Gasteiger partial charge in [0.15, 0.2) is 11.5 Å². The van der Waals surface area contributed by atoms with Crippen LogP contribution in [0.25, 0.3) is 10.9 Å². The lowest BCUT2D eigenvalue weighted by Gasteiger charge is -2.33. The van der Waals surface area contributed by atoms with Gasteiger partial charge in [0, 0.05) is 50.3 Å². The first-order valence-corrected chi connectivity index (χ1v) is 11.0. The van der Waals surface area contributed by atoms with Crippen molar-refractivity contribution in [3.63, 3.8) is 0 Å². The van der Waals surface area contributed by atoms with Crippen molar-refractivity contribution in [1.29, 1.82) is 0 Å². The molecule has 1 fully saturated rings. The summed E-state index contributed by atoms with van der Waals surface area (Å²) in [5.41, 5.74) is 3.23. The van der Waals surface area contributed by atoms with Crippen molar-refractivity contribution in [3.05, 3.63) is 71.8 Å². The predicted octanol–water partition coefficient (Wildman–Crippen LogP) is 3.03. The fourth-order valence-electron chi connectivity index (χ4n) is 4.05. The van der Waals surface area contributed by atoms with Crippen LogP contribution in [0.5, 0.6) is 5.75 Å². The molecule has 1 aliphatic rings. The zero-order valence-corrected chi connectivity index (χ0v) is 18.4. The number of carbonyl (C=O) groups is 1. The van der Waals surface area contributed by atoms with E-state index in [0.717, 1.165) is 59.5 Å². The number of ether oxygens (including phenoxy) is 1. The maximum absolute atomic E-state index is 12.5. The third kappa shape index (κ3) is 4.77. The van der Waals surface area contributed by atoms with Gasteiger partial charge in [-0.1, -0.05) is 0 Å².